The summed E-state index contributed by atoms with van der Waals surface area (Å²) in [6.07, 6.45) is 1.09. The van der Waals surface area contributed by atoms with Crippen LogP contribution < -0.4 is 0 Å². The average Bonchev–Trinajstić information content (AvgIpc) is 2.31. The van der Waals surface area contributed by atoms with E-state index in [1.807, 2.05) is 6.92 Å². The molecule has 0 aromatic rings. The van der Waals surface area contributed by atoms with E-state index in [1.165, 1.54) is 6.92 Å². The molecule has 0 heterocycles. The van der Waals surface area contributed by atoms with Crippen LogP contribution in [0.15, 0.2) is 0 Å². The van der Waals surface area contributed by atoms with Gasteiger partial charge in [-0.2, -0.15) is 0 Å². The number of carbonyl (C=O) groups is 3. The molecule has 0 saturated heterocycles. The summed E-state index contributed by atoms with van der Waals surface area (Å²) < 4.78 is 0. The lowest BCUT2D eigenvalue weighted by atomic mass is 9.40. The minimum atomic E-state index is -1.53. The van der Waals surface area contributed by atoms with Crippen LogP contribution in [0.1, 0.15) is 33.6 Å². The van der Waals surface area contributed by atoms with Gasteiger partial charge in [0, 0.05) is 12.3 Å². The van der Waals surface area contributed by atoms with E-state index in [0.717, 1.165) is 0 Å². The SMILES string of the molecule is C[C@H]1C2CCC(=O)C3C(=O)[C@]1(C)C(=O)[C@@](C)(O)C32. The fourth-order valence-corrected chi connectivity index (χ4v) is 4.67. The number of fused-ring (bicyclic) bond motifs is 1. The number of hydrogen-bond donors (Lipinski definition) is 1. The van der Waals surface area contributed by atoms with Crippen molar-refractivity contribution in [2.45, 2.75) is 39.2 Å². The highest BCUT2D eigenvalue weighted by Crippen LogP contribution is 2.61. The maximum atomic E-state index is 12.5. The molecule has 3 unspecified atom stereocenters. The van der Waals surface area contributed by atoms with Crippen molar-refractivity contribution in [3.8, 4) is 0 Å². The number of carbonyl (C=O) groups excluding carboxylic acids is 3. The summed E-state index contributed by atoms with van der Waals surface area (Å²) in [5.41, 5.74) is -2.70. The van der Waals surface area contributed by atoms with Gasteiger partial charge in [0.15, 0.2) is 11.6 Å². The number of rotatable bonds is 0. The maximum Gasteiger partial charge on any atom is 0.177 e. The van der Waals surface area contributed by atoms with Crippen molar-refractivity contribution in [2.75, 3.05) is 0 Å². The molecule has 4 saturated carbocycles. The number of ketones is 3. The molecule has 0 spiro atoms. The number of Topliss-reactive ketones (excluding diaryl/α,β-unsaturated/α-hetero) is 3. The molecule has 4 rings (SSSR count). The largest absolute Gasteiger partial charge is 0.382 e. The molecule has 0 amide bonds. The summed E-state index contributed by atoms with van der Waals surface area (Å²) in [5.74, 6) is -1.97. The Balaban J connectivity index is 2.25. The monoisotopic (exact) mass is 250 g/mol. The fraction of sp³-hybridized carbons (Fsp3) is 0.786. The lowest BCUT2D eigenvalue weighted by Crippen LogP contribution is -2.74. The molecular formula is C14H18O4. The second-order valence-electron chi connectivity index (χ2n) is 6.50. The van der Waals surface area contributed by atoms with Gasteiger partial charge in [0.05, 0.1) is 11.3 Å². The molecule has 0 radical (unpaired) electrons. The first-order valence-corrected chi connectivity index (χ1v) is 6.58. The van der Waals surface area contributed by atoms with Crippen molar-refractivity contribution < 1.29 is 19.5 Å². The zero-order chi connectivity index (χ0) is 13.5. The van der Waals surface area contributed by atoms with Gasteiger partial charge in [0.2, 0.25) is 0 Å². The van der Waals surface area contributed by atoms with E-state index < -0.39 is 22.9 Å². The fourth-order valence-electron chi connectivity index (χ4n) is 4.67. The van der Waals surface area contributed by atoms with Crippen LogP contribution in [0, 0.1) is 29.1 Å². The first-order valence-electron chi connectivity index (χ1n) is 6.58. The molecule has 6 atom stereocenters. The highest BCUT2D eigenvalue weighted by molar-refractivity contribution is 6.21. The van der Waals surface area contributed by atoms with Crippen molar-refractivity contribution >= 4 is 17.3 Å². The summed E-state index contributed by atoms with van der Waals surface area (Å²) in [7, 11) is 0. The van der Waals surface area contributed by atoms with Gasteiger partial charge in [-0.05, 0) is 32.1 Å². The highest BCUT2D eigenvalue weighted by Gasteiger charge is 2.73. The van der Waals surface area contributed by atoms with Gasteiger partial charge in [0.1, 0.15) is 11.4 Å². The third-order valence-electron chi connectivity index (χ3n) is 5.82. The third kappa shape index (κ3) is 1.00. The zero-order valence-corrected chi connectivity index (χ0v) is 10.9. The highest BCUT2D eigenvalue weighted by atomic mass is 16.3. The molecule has 0 aliphatic heterocycles. The van der Waals surface area contributed by atoms with Crippen LogP contribution in [0.2, 0.25) is 0 Å². The van der Waals surface area contributed by atoms with E-state index in [4.69, 9.17) is 0 Å². The van der Waals surface area contributed by atoms with E-state index in [-0.39, 0.29) is 29.2 Å². The van der Waals surface area contributed by atoms with Crippen LogP contribution >= 0.6 is 0 Å². The van der Waals surface area contributed by atoms with Crippen LogP contribution in [0.25, 0.3) is 0 Å². The summed E-state index contributed by atoms with van der Waals surface area (Å²) in [6, 6.07) is 0. The maximum absolute atomic E-state index is 12.5. The molecule has 4 bridgehead atoms. The molecule has 4 heteroatoms. The first-order chi connectivity index (χ1) is 8.24. The van der Waals surface area contributed by atoms with E-state index in [9.17, 15) is 19.5 Å². The Morgan fingerprint density at radius 1 is 1.22 bits per heavy atom. The van der Waals surface area contributed by atoms with Crippen molar-refractivity contribution in [1.82, 2.24) is 0 Å². The van der Waals surface area contributed by atoms with Gasteiger partial charge >= 0.3 is 0 Å². The second-order valence-corrected chi connectivity index (χ2v) is 6.50. The minimum Gasteiger partial charge on any atom is -0.382 e. The van der Waals surface area contributed by atoms with Crippen LogP contribution in [0.5, 0.6) is 0 Å². The molecule has 0 aromatic carbocycles. The lowest BCUT2D eigenvalue weighted by molar-refractivity contribution is -0.205. The number of hydrogen-bond acceptors (Lipinski definition) is 4. The molecule has 18 heavy (non-hydrogen) atoms. The summed E-state index contributed by atoms with van der Waals surface area (Å²) in [6.45, 7) is 5.01. The van der Waals surface area contributed by atoms with Gasteiger partial charge in [-0.15, -0.1) is 0 Å². The Kier molecular flexibility index (Phi) is 2.07. The molecular weight excluding hydrogens is 232 g/mol. The smallest absolute Gasteiger partial charge is 0.177 e. The Hall–Kier alpha value is -1.03. The molecule has 4 fully saturated rings. The predicted molar refractivity (Wildman–Crippen MR) is 62.6 cm³/mol. The van der Waals surface area contributed by atoms with Gasteiger partial charge < -0.3 is 5.11 Å². The normalized spacial score (nSPS) is 55.0. The van der Waals surface area contributed by atoms with Crippen LogP contribution in [0.4, 0.5) is 0 Å². The number of aliphatic hydroxyl groups is 1. The van der Waals surface area contributed by atoms with Crippen molar-refractivity contribution in [2.24, 2.45) is 29.1 Å². The second kappa shape index (κ2) is 3.10. The first kappa shape index (κ1) is 12.0. The molecule has 0 aromatic heterocycles. The quantitative estimate of drug-likeness (QED) is 0.644. The lowest BCUT2D eigenvalue weighted by Gasteiger charge is -2.61. The van der Waals surface area contributed by atoms with Crippen molar-refractivity contribution in [3.05, 3.63) is 0 Å². The van der Waals surface area contributed by atoms with Crippen molar-refractivity contribution in [1.29, 1.82) is 0 Å². The van der Waals surface area contributed by atoms with Gasteiger partial charge in [-0.3, -0.25) is 14.4 Å². The van der Waals surface area contributed by atoms with Gasteiger partial charge in [-0.1, -0.05) is 6.92 Å². The van der Waals surface area contributed by atoms with E-state index in [1.54, 1.807) is 6.92 Å². The summed E-state index contributed by atoms with van der Waals surface area (Å²) >= 11 is 0. The van der Waals surface area contributed by atoms with E-state index >= 15 is 0 Å². The van der Waals surface area contributed by atoms with E-state index in [0.29, 0.717) is 12.8 Å². The topological polar surface area (TPSA) is 71.4 Å². The molecule has 98 valence electrons. The molecule has 4 aliphatic carbocycles. The van der Waals surface area contributed by atoms with Crippen LogP contribution in [0.3, 0.4) is 0 Å². The van der Waals surface area contributed by atoms with Gasteiger partial charge in [-0.25, -0.2) is 0 Å². The Labute approximate surface area is 106 Å². The van der Waals surface area contributed by atoms with Crippen LogP contribution in [-0.4, -0.2) is 28.1 Å². The Morgan fingerprint density at radius 3 is 2.44 bits per heavy atom. The molecule has 4 nitrogen and oxygen atoms in total. The van der Waals surface area contributed by atoms with Gasteiger partial charge in [0.25, 0.3) is 0 Å². The zero-order valence-electron chi connectivity index (χ0n) is 10.9. The van der Waals surface area contributed by atoms with Crippen molar-refractivity contribution in [3.63, 3.8) is 0 Å². The molecule has 1 N–H and O–H groups in total. The third-order valence-corrected chi connectivity index (χ3v) is 5.82. The summed E-state index contributed by atoms with van der Waals surface area (Å²) in [4.78, 5) is 36.9. The Morgan fingerprint density at radius 2 is 1.83 bits per heavy atom. The molecule has 4 aliphatic rings. The van der Waals surface area contributed by atoms with Crippen LogP contribution in [-0.2, 0) is 14.4 Å². The predicted octanol–water partition coefficient (Wildman–Crippen LogP) is 0.757. The van der Waals surface area contributed by atoms with E-state index in [2.05, 4.69) is 0 Å². The summed E-state index contributed by atoms with van der Waals surface area (Å²) in [5, 5.41) is 10.5. The minimum absolute atomic E-state index is 0.0768. The average molecular weight is 250 g/mol. The standard InChI is InChI=1S/C14H18O4/c1-6-7-4-5-8(15)9-10(7)14(3,18)12(17)13(6,2)11(9)16/h6-7,9-10,18H,4-5H2,1-3H3/t6-,7?,9?,10?,13+,14-/m0/s1. The Bertz CT molecular complexity index is 478.